The van der Waals surface area contributed by atoms with Crippen molar-refractivity contribution < 1.29 is 9.53 Å². The molecular formula is C20H17ClN2O2. The third-order valence-electron chi connectivity index (χ3n) is 4.12. The van der Waals surface area contributed by atoms with E-state index >= 15 is 0 Å². The summed E-state index contributed by atoms with van der Waals surface area (Å²) in [6.45, 7) is 1.18. The topological polar surface area (TPSA) is 53.3 Å². The number of nitrogens with zero attached hydrogens (tertiary/aromatic N) is 2. The molecule has 1 heterocycles. The van der Waals surface area contributed by atoms with E-state index in [1.165, 1.54) is 17.2 Å². The lowest BCUT2D eigenvalue weighted by molar-refractivity contribution is -0.132. The Kier molecular flexibility index (Phi) is 5.37. The van der Waals surface area contributed by atoms with Gasteiger partial charge in [0.1, 0.15) is 5.75 Å². The van der Waals surface area contributed by atoms with Crippen LogP contribution in [0.25, 0.3) is 5.57 Å². The quantitative estimate of drug-likeness (QED) is 0.838. The first-order valence-electron chi connectivity index (χ1n) is 8.02. The number of amides is 1. The van der Waals surface area contributed by atoms with Gasteiger partial charge in [0.15, 0.2) is 6.61 Å². The lowest BCUT2D eigenvalue weighted by Gasteiger charge is -2.26. The minimum Gasteiger partial charge on any atom is -0.482 e. The van der Waals surface area contributed by atoms with Crippen LogP contribution in [0.5, 0.6) is 5.75 Å². The van der Waals surface area contributed by atoms with E-state index in [1.807, 2.05) is 24.3 Å². The van der Waals surface area contributed by atoms with E-state index in [0.29, 0.717) is 29.4 Å². The van der Waals surface area contributed by atoms with Gasteiger partial charge in [0, 0.05) is 13.1 Å². The van der Waals surface area contributed by atoms with Crippen molar-refractivity contribution in [3.05, 3.63) is 70.8 Å². The molecule has 0 fully saturated rings. The Labute approximate surface area is 151 Å². The highest BCUT2D eigenvalue weighted by atomic mass is 35.5. The second kappa shape index (κ2) is 7.87. The highest BCUT2D eigenvalue weighted by molar-refractivity contribution is 6.32. The van der Waals surface area contributed by atoms with Crippen molar-refractivity contribution in [2.75, 3.05) is 19.7 Å². The summed E-state index contributed by atoms with van der Waals surface area (Å²) in [5.74, 6) is 0.329. The fourth-order valence-electron chi connectivity index (χ4n) is 2.73. The average Bonchev–Trinajstić information content (AvgIpc) is 2.67. The molecule has 25 heavy (non-hydrogen) atoms. The van der Waals surface area contributed by atoms with Crippen LogP contribution in [0.1, 0.15) is 17.5 Å². The van der Waals surface area contributed by atoms with Gasteiger partial charge in [-0.15, -0.1) is 0 Å². The van der Waals surface area contributed by atoms with E-state index in [9.17, 15) is 4.79 Å². The second-order valence-corrected chi connectivity index (χ2v) is 6.14. The third kappa shape index (κ3) is 4.20. The van der Waals surface area contributed by atoms with Crippen LogP contribution in [0, 0.1) is 11.3 Å². The van der Waals surface area contributed by atoms with E-state index in [0.717, 1.165) is 6.42 Å². The number of nitriles is 1. The monoisotopic (exact) mass is 352 g/mol. The number of carbonyl (C=O) groups is 1. The third-order valence-corrected chi connectivity index (χ3v) is 4.41. The van der Waals surface area contributed by atoms with E-state index in [2.05, 4.69) is 18.2 Å². The highest BCUT2D eigenvalue weighted by Gasteiger charge is 2.18. The summed E-state index contributed by atoms with van der Waals surface area (Å²) in [7, 11) is 0. The van der Waals surface area contributed by atoms with Crippen LogP contribution in [-0.4, -0.2) is 30.5 Å². The van der Waals surface area contributed by atoms with Gasteiger partial charge in [-0.1, -0.05) is 48.0 Å². The van der Waals surface area contributed by atoms with E-state index in [1.54, 1.807) is 17.0 Å². The number of ether oxygens (including phenoxy) is 1. The van der Waals surface area contributed by atoms with Gasteiger partial charge in [-0.25, -0.2) is 0 Å². The summed E-state index contributed by atoms with van der Waals surface area (Å²) < 4.78 is 5.51. The number of rotatable bonds is 4. The Bertz CT molecular complexity index is 841. The first-order chi connectivity index (χ1) is 12.2. The van der Waals surface area contributed by atoms with Crippen LogP contribution < -0.4 is 4.74 Å². The largest absolute Gasteiger partial charge is 0.482 e. The zero-order valence-corrected chi connectivity index (χ0v) is 14.4. The summed E-state index contributed by atoms with van der Waals surface area (Å²) in [4.78, 5) is 14.1. The Morgan fingerprint density at radius 2 is 2.04 bits per heavy atom. The van der Waals surface area contributed by atoms with Crippen LogP contribution in [0.15, 0.2) is 54.6 Å². The number of carbonyl (C=O) groups excluding carboxylic acids is 1. The fourth-order valence-corrected chi connectivity index (χ4v) is 2.96. The molecule has 0 N–H and O–H groups in total. The molecule has 0 unspecified atom stereocenters. The minimum atomic E-state index is -0.0798. The molecule has 3 rings (SSSR count). The Morgan fingerprint density at radius 3 is 2.68 bits per heavy atom. The zero-order chi connectivity index (χ0) is 17.6. The van der Waals surface area contributed by atoms with Crippen molar-refractivity contribution in [3.63, 3.8) is 0 Å². The molecule has 5 heteroatoms. The predicted molar refractivity (Wildman–Crippen MR) is 97.3 cm³/mol. The van der Waals surface area contributed by atoms with Crippen molar-refractivity contribution in [1.82, 2.24) is 4.90 Å². The van der Waals surface area contributed by atoms with Gasteiger partial charge in [-0.2, -0.15) is 5.26 Å². The molecule has 0 atom stereocenters. The van der Waals surface area contributed by atoms with Crippen molar-refractivity contribution in [3.8, 4) is 11.8 Å². The van der Waals surface area contributed by atoms with Crippen molar-refractivity contribution in [2.45, 2.75) is 6.42 Å². The normalized spacial score (nSPS) is 13.8. The summed E-state index contributed by atoms with van der Waals surface area (Å²) >= 11 is 6.05. The van der Waals surface area contributed by atoms with Gasteiger partial charge in [0.25, 0.3) is 5.91 Å². The lowest BCUT2D eigenvalue weighted by Crippen LogP contribution is -2.37. The maximum absolute atomic E-state index is 12.3. The van der Waals surface area contributed by atoms with Gasteiger partial charge in [0.05, 0.1) is 16.7 Å². The predicted octanol–water partition coefficient (Wildman–Crippen LogP) is 3.91. The van der Waals surface area contributed by atoms with Crippen LogP contribution in [0.2, 0.25) is 5.02 Å². The zero-order valence-electron chi connectivity index (χ0n) is 13.6. The Hall–Kier alpha value is -2.77. The van der Waals surface area contributed by atoms with E-state index in [-0.39, 0.29) is 12.5 Å². The molecule has 0 saturated heterocycles. The molecule has 0 spiro atoms. The number of hydrogen-bond acceptors (Lipinski definition) is 3. The maximum atomic E-state index is 12.3. The maximum Gasteiger partial charge on any atom is 0.260 e. The summed E-state index contributed by atoms with van der Waals surface area (Å²) in [6.07, 6.45) is 2.92. The Balaban J connectivity index is 1.57. The minimum absolute atomic E-state index is 0.0693. The molecule has 1 aliphatic heterocycles. The average molecular weight is 353 g/mol. The van der Waals surface area contributed by atoms with Crippen LogP contribution >= 0.6 is 11.6 Å². The molecule has 4 nitrogen and oxygen atoms in total. The molecule has 126 valence electrons. The first-order valence-corrected chi connectivity index (χ1v) is 8.40. The van der Waals surface area contributed by atoms with Crippen molar-refractivity contribution >= 4 is 23.1 Å². The molecule has 0 aromatic heterocycles. The van der Waals surface area contributed by atoms with Gasteiger partial charge >= 0.3 is 0 Å². The molecule has 0 saturated carbocycles. The van der Waals surface area contributed by atoms with Gasteiger partial charge in [-0.05, 0) is 35.8 Å². The molecule has 0 aliphatic carbocycles. The van der Waals surface area contributed by atoms with Gasteiger partial charge in [-0.3, -0.25) is 4.79 Å². The molecule has 1 aliphatic rings. The standard InChI is InChI=1S/C20H17ClN2O2/c21-18-12-15(13-22)6-7-19(18)25-14-20(24)23-10-8-17(9-11-23)16-4-2-1-3-5-16/h1-8,12H,9-11,14H2. The second-order valence-electron chi connectivity index (χ2n) is 5.73. The Morgan fingerprint density at radius 1 is 1.24 bits per heavy atom. The summed E-state index contributed by atoms with van der Waals surface area (Å²) in [6, 6.07) is 16.9. The smallest absolute Gasteiger partial charge is 0.260 e. The van der Waals surface area contributed by atoms with Crippen LogP contribution in [0.3, 0.4) is 0 Å². The highest BCUT2D eigenvalue weighted by Crippen LogP contribution is 2.26. The molecule has 1 amide bonds. The van der Waals surface area contributed by atoms with E-state index < -0.39 is 0 Å². The fraction of sp³-hybridized carbons (Fsp3) is 0.200. The van der Waals surface area contributed by atoms with Gasteiger partial charge < -0.3 is 9.64 Å². The lowest BCUT2D eigenvalue weighted by atomic mass is 10.00. The SMILES string of the molecule is N#Cc1ccc(OCC(=O)N2CC=C(c3ccccc3)CC2)c(Cl)c1. The molecule has 2 aromatic rings. The number of benzene rings is 2. The van der Waals surface area contributed by atoms with Crippen LogP contribution in [0.4, 0.5) is 0 Å². The first kappa shape index (κ1) is 17.1. The van der Waals surface area contributed by atoms with Crippen LogP contribution in [-0.2, 0) is 4.79 Å². The van der Waals surface area contributed by atoms with Crippen molar-refractivity contribution in [2.24, 2.45) is 0 Å². The molecule has 0 radical (unpaired) electrons. The van der Waals surface area contributed by atoms with Gasteiger partial charge in [0.2, 0.25) is 0 Å². The molecule has 2 aromatic carbocycles. The molecular weight excluding hydrogens is 336 g/mol. The summed E-state index contributed by atoms with van der Waals surface area (Å²) in [5, 5.41) is 9.16. The summed E-state index contributed by atoms with van der Waals surface area (Å²) in [5.41, 5.74) is 2.93. The van der Waals surface area contributed by atoms with E-state index in [4.69, 9.17) is 21.6 Å². The molecule has 0 bridgehead atoms. The number of hydrogen-bond donors (Lipinski definition) is 0. The number of halogens is 1. The van der Waals surface area contributed by atoms with Crippen molar-refractivity contribution in [1.29, 1.82) is 5.26 Å².